The first kappa shape index (κ1) is 18.1. The van der Waals surface area contributed by atoms with Crippen molar-refractivity contribution in [1.29, 1.82) is 0 Å². The highest BCUT2D eigenvalue weighted by atomic mass is 35.5. The summed E-state index contributed by atoms with van der Waals surface area (Å²) in [6.45, 7) is 3.97. The second kappa shape index (κ2) is 8.56. The van der Waals surface area contributed by atoms with E-state index < -0.39 is 0 Å². The predicted molar refractivity (Wildman–Crippen MR) is 102 cm³/mol. The van der Waals surface area contributed by atoms with Crippen LogP contribution in [-0.2, 0) is 0 Å². The number of rotatable bonds is 5. The highest BCUT2D eigenvalue weighted by Gasteiger charge is 2.28. The fraction of sp³-hybridized carbons (Fsp3) is 0.400. The molecule has 134 valence electrons. The standard InChI is InChI=1S/C20H25ClN2O2/c1-24-18-10-5-8-16(20(18)25-2)19(15-7-3-4-9-17(15)21)23-13-6-11-22-12-14-23/h3-5,7-10,19,22H,6,11-14H2,1-2H3. The maximum absolute atomic E-state index is 6.58. The molecule has 2 aromatic carbocycles. The van der Waals surface area contributed by atoms with Crippen LogP contribution in [0.2, 0.25) is 5.02 Å². The monoisotopic (exact) mass is 360 g/mol. The Hall–Kier alpha value is -1.75. The van der Waals surface area contributed by atoms with Crippen LogP contribution in [0.25, 0.3) is 0 Å². The van der Waals surface area contributed by atoms with E-state index in [1.807, 2.05) is 30.3 Å². The van der Waals surface area contributed by atoms with Gasteiger partial charge in [0, 0.05) is 30.2 Å². The van der Waals surface area contributed by atoms with E-state index in [4.69, 9.17) is 21.1 Å². The maximum Gasteiger partial charge on any atom is 0.165 e. The van der Waals surface area contributed by atoms with Crippen LogP contribution in [0.3, 0.4) is 0 Å². The van der Waals surface area contributed by atoms with Gasteiger partial charge >= 0.3 is 0 Å². The molecule has 1 unspecified atom stereocenters. The Bertz CT molecular complexity index is 700. The molecule has 3 rings (SSSR count). The third kappa shape index (κ3) is 3.92. The molecule has 0 amide bonds. The van der Waals surface area contributed by atoms with Crippen LogP contribution in [0.4, 0.5) is 0 Å². The Morgan fingerprint density at radius 1 is 0.960 bits per heavy atom. The zero-order valence-corrected chi connectivity index (χ0v) is 15.6. The Balaban J connectivity index is 2.13. The molecule has 0 radical (unpaired) electrons. The fourth-order valence-electron chi connectivity index (χ4n) is 3.51. The summed E-state index contributed by atoms with van der Waals surface area (Å²) in [5.41, 5.74) is 2.18. The quantitative estimate of drug-likeness (QED) is 0.880. The third-order valence-electron chi connectivity index (χ3n) is 4.67. The van der Waals surface area contributed by atoms with Gasteiger partial charge in [-0.15, -0.1) is 0 Å². The van der Waals surface area contributed by atoms with Gasteiger partial charge in [-0.2, -0.15) is 0 Å². The molecule has 4 nitrogen and oxygen atoms in total. The van der Waals surface area contributed by atoms with Crippen LogP contribution in [-0.4, -0.2) is 45.3 Å². The number of ether oxygens (including phenoxy) is 2. The van der Waals surface area contributed by atoms with Gasteiger partial charge in [-0.3, -0.25) is 4.90 Å². The lowest BCUT2D eigenvalue weighted by atomic mass is 9.95. The van der Waals surface area contributed by atoms with E-state index in [-0.39, 0.29) is 6.04 Å². The van der Waals surface area contributed by atoms with Gasteiger partial charge in [0.15, 0.2) is 11.5 Å². The summed E-state index contributed by atoms with van der Waals surface area (Å²) in [5, 5.41) is 4.24. The van der Waals surface area contributed by atoms with E-state index in [1.165, 1.54) is 0 Å². The molecule has 1 aliphatic heterocycles. The molecular weight excluding hydrogens is 336 g/mol. The molecule has 1 saturated heterocycles. The Kier molecular flexibility index (Phi) is 6.19. The first-order valence-corrected chi connectivity index (χ1v) is 9.04. The fourth-order valence-corrected chi connectivity index (χ4v) is 3.75. The van der Waals surface area contributed by atoms with E-state index >= 15 is 0 Å². The molecule has 1 aliphatic rings. The largest absolute Gasteiger partial charge is 0.493 e. The second-order valence-electron chi connectivity index (χ2n) is 6.15. The molecule has 1 N–H and O–H groups in total. The maximum atomic E-state index is 6.58. The number of para-hydroxylation sites is 1. The summed E-state index contributed by atoms with van der Waals surface area (Å²) >= 11 is 6.58. The summed E-state index contributed by atoms with van der Waals surface area (Å²) in [6, 6.07) is 14.1. The van der Waals surface area contributed by atoms with Crippen molar-refractivity contribution >= 4 is 11.6 Å². The van der Waals surface area contributed by atoms with Crippen molar-refractivity contribution in [2.24, 2.45) is 0 Å². The van der Waals surface area contributed by atoms with Gasteiger partial charge in [0.1, 0.15) is 0 Å². The number of hydrogen-bond donors (Lipinski definition) is 1. The first-order valence-electron chi connectivity index (χ1n) is 8.66. The van der Waals surface area contributed by atoms with E-state index in [2.05, 4.69) is 22.3 Å². The summed E-state index contributed by atoms with van der Waals surface area (Å²) in [5.74, 6) is 1.51. The second-order valence-corrected chi connectivity index (χ2v) is 6.55. The molecule has 1 atom stereocenters. The van der Waals surface area contributed by atoms with Crippen LogP contribution in [0, 0.1) is 0 Å². The van der Waals surface area contributed by atoms with Crippen LogP contribution in [0.5, 0.6) is 11.5 Å². The number of benzene rings is 2. The summed E-state index contributed by atoms with van der Waals surface area (Å²) < 4.78 is 11.2. The van der Waals surface area contributed by atoms with Gasteiger partial charge in [0.05, 0.1) is 20.3 Å². The molecule has 25 heavy (non-hydrogen) atoms. The highest BCUT2D eigenvalue weighted by molar-refractivity contribution is 6.31. The number of halogens is 1. The van der Waals surface area contributed by atoms with Crippen molar-refractivity contribution in [3.05, 3.63) is 58.6 Å². The number of hydrogen-bond acceptors (Lipinski definition) is 4. The minimum atomic E-state index is 0.0265. The molecular formula is C20H25ClN2O2. The van der Waals surface area contributed by atoms with Gasteiger partial charge in [-0.05, 0) is 30.7 Å². The zero-order chi connectivity index (χ0) is 17.6. The van der Waals surface area contributed by atoms with Crippen molar-refractivity contribution in [1.82, 2.24) is 10.2 Å². The Morgan fingerprint density at radius 3 is 2.52 bits per heavy atom. The van der Waals surface area contributed by atoms with E-state index in [9.17, 15) is 0 Å². The zero-order valence-electron chi connectivity index (χ0n) is 14.8. The molecule has 1 heterocycles. The lowest BCUT2D eigenvalue weighted by Gasteiger charge is -2.33. The van der Waals surface area contributed by atoms with E-state index in [1.54, 1.807) is 14.2 Å². The highest BCUT2D eigenvalue weighted by Crippen LogP contribution is 2.41. The van der Waals surface area contributed by atoms with Gasteiger partial charge in [0.2, 0.25) is 0 Å². The summed E-state index contributed by atoms with van der Waals surface area (Å²) in [6.07, 6.45) is 1.10. The van der Waals surface area contributed by atoms with Crippen molar-refractivity contribution in [3.63, 3.8) is 0 Å². The first-order chi connectivity index (χ1) is 12.3. The minimum absolute atomic E-state index is 0.0265. The number of nitrogens with zero attached hydrogens (tertiary/aromatic N) is 1. The Morgan fingerprint density at radius 2 is 1.76 bits per heavy atom. The van der Waals surface area contributed by atoms with Crippen molar-refractivity contribution in [3.8, 4) is 11.5 Å². The van der Waals surface area contributed by atoms with Gasteiger partial charge in [-0.1, -0.05) is 41.9 Å². The van der Waals surface area contributed by atoms with Gasteiger partial charge in [0.25, 0.3) is 0 Å². The summed E-state index contributed by atoms with van der Waals surface area (Å²) in [4.78, 5) is 2.47. The lowest BCUT2D eigenvalue weighted by Crippen LogP contribution is -2.33. The average molecular weight is 361 g/mol. The Labute approximate surface area is 154 Å². The van der Waals surface area contributed by atoms with Crippen molar-refractivity contribution < 1.29 is 9.47 Å². The molecule has 2 aromatic rings. The normalized spacial score (nSPS) is 16.9. The minimum Gasteiger partial charge on any atom is -0.493 e. The van der Waals surface area contributed by atoms with E-state index in [0.717, 1.165) is 60.2 Å². The van der Waals surface area contributed by atoms with Gasteiger partial charge in [-0.25, -0.2) is 0 Å². The van der Waals surface area contributed by atoms with E-state index in [0.29, 0.717) is 0 Å². The molecule has 0 bridgehead atoms. The van der Waals surface area contributed by atoms with Crippen molar-refractivity contribution in [2.75, 3.05) is 40.4 Å². The molecule has 0 aromatic heterocycles. The topological polar surface area (TPSA) is 33.7 Å². The molecule has 5 heteroatoms. The lowest BCUT2D eigenvalue weighted by molar-refractivity contribution is 0.234. The smallest absolute Gasteiger partial charge is 0.165 e. The number of nitrogens with one attached hydrogen (secondary N) is 1. The molecule has 1 fully saturated rings. The van der Waals surface area contributed by atoms with Crippen molar-refractivity contribution in [2.45, 2.75) is 12.5 Å². The SMILES string of the molecule is COc1cccc(C(c2ccccc2Cl)N2CCCNCC2)c1OC. The average Bonchev–Trinajstić information content (AvgIpc) is 2.92. The molecule has 0 aliphatic carbocycles. The number of methoxy groups -OCH3 is 2. The predicted octanol–water partition coefficient (Wildman–Crippen LogP) is 3.74. The third-order valence-corrected chi connectivity index (χ3v) is 5.01. The van der Waals surface area contributed by atoms with Gasteiger partial charge < -0.3 is 14.8 Å². The molecule has 0 saturated carbocycles. The molecule has 0 spiro atoms. The van der Waals surface area contributed by atoms with Crippen LogP contribution in [0.1, 0.15) is 23.6 Å². The van der Waals surface area contributed by atoms with Crippen LogP contribution >= 0.6 is 11.6 Å². The van der Waals surface area contributed by atoms with Crippen LogP contribution in [0.15, 0.2) is 42.5 Å². The van der Waals surface area contributed by atoms with Crippen LogP contribution < -0.4 is 14.8 Å². The summed E-state index contributed by atoms with van der Waals surface area (Å²) in [7, 11) is 3.36.